The lowest BCUT2D eigenvalue weighted by atomic mass is 10.1. The molecule has 20 heavy (non-hydrogen) atoms. The third kappa shape index (κ3) is 7.43. The molecular weight excluding hydrogens is 268 g/mol. The molecule has 0 atom stereocenters. The van der Waals surface area contributed by atoms with Crippen LogP contribution in [0.25, 0.3) is 0 Å². The molecule has 0 bridgehead atoms. The first-order valence-corrected chi connectivity index (χ1v) is 8.49. The van der Waals surface area contributed by atoms with Crippen LogP contribution in [0.4, 0.5) is 0 Å². The largest absolute Gasteiger partial charge is 0.273 e. The highest BCUT2D eigenvalue weighted by molar-refractivity contribution is 7.12. The second-order valence-corrected chi connectivity index (χ2v) is 6.03. The number of hydrogen-bond acceptors (Lipinski definition) is 3. The first kappa shape index (κ1) is 16.9. The van der Waals surface area contributed by atoms with Crippen LogP contribution >= 0.6 is 11.3 Å². The fraction of sp³-hybridized carbons (Fsp3) is 0.625. The SMILES string of the molecule is CCCCCCCCCC(=O)NN=C(C)c1cccs1. The average Bonchev–Trinajstić information content (AvgIpc) is 2.98. The Bertz CT molecular complexity index is 399. The summed E-state index contributed by atoms with van der Waals surface area (Å²) in [6.45, 7) is 4.14. The maximum absolute atomic E-state index is 11.6. The highest BCUT2D eigenvalue weighted by atomic mass is 32.1. The van der Waals surface area contributed by atoms with E-state index < -0.39 is 0 Å². The number of carbonyl (C=O) groups excluding carboxylic acids is 1. The summed E-state index contributed by atoms with van der Waals surface area (Å²) in [5, 5.41) is 6.14. The van der Waals surface area contributed by atoms with Crippen LogP contribution in [0.15, 0.2) is 22.6 Å². The number of nitrogens with zero attached hydrogens (tertiary/aromatic N) is 1. The Morgan fingerprint density at radius 3 is 2.55 bits per heavy atom. The van der Waals surface area contributed by atoms with Gasteiger partial charge in [0.2, 0.25) is 5.91 Å². The maximum Gasteiger partial charge on any atom is 0.240 e. The molecule has 0 aromatic carbocycles. The van der Waals surface area contributed by atoms with Gasteiger partial charge >= 0.3 is 0 Å². The van der Waals surface area contributed by atoms with Crippen LogP contribution in [-0.4, -0.2) is 11.6 Å². The van der Waals surface area contributed by atoms with E-state index in [4.69, 9.17) is 0 Å². The predicted molar refractivity (Wildman–Crippen MR) is 87.3 cm³/mol. The molecular formula is C16H26N2OS. The molecule has 0 aliphatic rings. The molecule has 0 spiro atoms. The normalized spacial score (nSPS) is 11.6. The first-order valence-electron chi connectivity index (χ1n) is 7.61. The van der Waals surface area contributed by atoms with E-state index in [-0.39, 0.29) is 5.91 Å². The van der Waals surface area contributed by atoms with Crippen LogP contribution in [0.3, 0.4) is 0 Å². The Morgan fingerprint density at radius 1 is 1.20 bits per heavy atom. The molecule has 0 radical (unpaired) electrons. The van der Waals surface area contributed by atoms with Gasteiger partial charge in [-0.1, -0.05) is 51.5 Å². The quantitative estimate of drug-likeness (QED) is 0.378. The molecule has 0 saturated carbocycles. The van der Waals surface area contributed by atoms with Gasteiger partial charge in [0.25, 0.3) is 0 Å². The molecule has 1 rings (SSSR count). The highest BCUT2D eigenvalue weighted by Gasteiger charge is 2.02. The second kappa shape index (κ2) is 10.6. The zero-order valence-electron chi connectivity index (χ0n) is 12.7. The van der Waals surface area contributed by atoms with Crippen molar-refractivity contribution in [3.63, 3.8) is 0 Å². The van der Waals surface area contributed by atoms with Crippen LogP contribution in [-0.2, 0) is 4.79 Å². The molecule has 0 unspecified atom stereocenters. The van der Waals surface area contributed by atoms with Gasteiger partial charge in [-0.3, -0.25) is 4.79 Å². The van der Waals surface area contributed by atoms with Gasteiger partial charge in [0.1, 0.15) is 0 Å². The van der Waals surface area contributed by atoms with E-state index in [1.54, 1.807) is 11.3 Å². The molecule has 112 valence electrons. The van der Waals surface area contributed by atoms with Gasteiger partial charge in [0.15, 0.2) is 0 Å². The third-order valence-corrected chi connectivity index (χ3v) is 4.21. The van der Waals surface area contributed by atoms with Gasteiger partial charge in [0.05, 0.1) is 5.71 Å². The first-order chi connectivity index (χ1) is 9.74. The summed E-state index contributed by atoms with van der Waals surface area (Å²) in [4.78, 5) is 12.7. The van der Waals surface area contributed by atoms with E-state index in [2.05, 4.69) is 17.5 Å². The van der Waals surface area contributed by atoms with E-state index in [0.717, 1.165) is 23.4 Å². The minimum Gasteiger partial charge on any atom is -0.273 e. The lowest BCUT2D eigenvalue weighted by Gasteiger charge is -2.02. The Labute approximate surface area is 126 Å². The molecule has 1 heterocycles. The minimum absolute atomic E-state index is 0.0227. The fourth-order valence-electron chi connectivity index (χ4n) is 1.98. The maximum atomic E-state index is 11.6. The molecule has 1 N–H and O–H groups in total. The lowest BCUT2D eigenvalue weighted by Crippen LogP contribution is -2.18. The molecule has 0 fully saturated rings. The molecule has 1 amide bonds. The average molecular weight is 294 g/mol. The standard InChI is InChI=1S/C16H26N2OS/c1-3-4-5-6-7-8-9-12-16(19)18-17-14(2)15-11-10-13-20-15/h10-11,13H,3-9,12H2,1-2H3,(H,18,19). The van der Waals surface area contributed by atoms with Gasteiger partial charge in [-0.05, 0) is 24.8 Å². The lowest BCUT2D eigenvalue weighted by molar-refractivity contribution is -0.121. The number of unbranched alkanes of at least 4 members (excludes halogenated alkanes) is 6. The van der Waals surface area contributed by atoms with Gasteiger partial charge in [-0.15, -0.1) is 11.3 Å². The number of hydrazone groups is 1. The monoisotopic (exact) mass is 294 g/mol. The Kier molecular flexibility index (Phi) is 8.96. The molecule has 0 aliphatic heterocycles. The molecule has 1 aromatic heterocycles. The van der Waals surface area contributed by atoms with Crippen LogP contribution < -0.4 is 5.43 Å². The van der Waals surface area contributed by atoms with E-state index in [1.165, 1.54) is 32.1 Å². The second-order valence-electron chi connectivity index (χ2n) is 5.08. The third-order valence-electron chi connectivity index (χ3n) is 3.23. The number of nitrogens with one attached hydrogen (secondary N) is 1. The molecule has 4 heteroatoms. The summed E-state index contributed by atoms with van der Waals surface area (Å²) in [7, 11) is 0. The summed E-state index contributed by atoms with van der Waals surface area (Å²) in [6, 6.07) is 3.99. The Morgan fingerprint density at radius 2 is 1.90 bits per heavy atom. The number of carbonyl (C=O) groups is 1. The van der Waals surface area contributed by atoms with Crippen molar-refractivity contribution < 1.29 is 4.79 Å². The highest BCUT2D eigenvalue weighted by Crippen LogP contribution is 2.10. The summed E-state index contributed by atoms with van der Waals surface area (Å²) >= 11 is 1.63. The van der Waals surface area contributed by atoms with Crippen LogP contribution in [0.1, 0.15) is 70.1 Å². The van der Waals surface area contributed by atoms with Crippen molar-refractivity contribution in [2.24, 2.45) is 5.10 Å². The van der Waals surface area contributed by atoms with Crippen molar-refractivity contribution >= 4 is 23.0 Å². The summed E-state index contributed by atoms with van der Waals surface area (Å²) in [5.74, 6) is 0.0227. The fourth-order valence-corrected chi connectivity index (χ4v) is 2.66. The van der Waals surface area contributed by atoms with E-state index in [9.17, 15) is 4.79 Å². The zero-order chi connectivity index (χ0) is 14.6. The van der Waals surface area contributed by atoms with Gasteiger partial charge in [-0.2, -0.15) is 5.10 Å². The van der Waals surface area contributed by atoms with Crippen molar-refractivity contribution in [2.45, 2.75) is 65.2 Å². The van der Waals surface area contributed by atoms with Crippen LogP contribution in [0.2, 0.25) is 0 Å². The van der Waals surface area contributed by atoms with Crippen molar-refractivity contribution in [1.82, 2.24) is 5.43 Å². The van der Waals surface area contributed by atoms with Gasteiger partial charge in [-0.25, -0.2) is 5.43 Å². The zero-order valence-corrected chi connectivity index (χ0v) is 13.5. The number of rotatable bonds is 10. The van der Waals surface area contributed by atoms with Gasteiger partial charge in [0, 0.05) is 11.3 Å². The van der Waals surface area contributed by atoms with E-state index in [1.807, 2.05) is 24.4 Å². The molecule has 0 aliphatic carbocycles. The summed E-state index contributed by atoms with van der Waals surface area (Å²) in [6.07, 6.45) is 9.16. The minimum atomic E-state index is 0.0227. The summed E-state index contributed by atoms with van der Waals surface area (Å²) in [5.41, 5.74) is 3.51. The Hall–Kier alpha value is -1.16. The number of hydrogen-bond donors (Lipinski definition) is 1. The molecule has 1 aromatic rings. The molecule has 3 nitrogen and oxygen atoms in total. The van der Waals surface area contributed by atoms with Gasteiger partial charge < -0.3 is 0 Å². The van der Waals surface area contributed by atoms with Crippen LogP contribution in [0.5, 0.6) is 0 Å². The molecule has 0 saturated heterocycles. The van der Waals surface area contributed by atoms with E-state index in [0.29, 0.717) is 6.42 Å². The van der Waals surface area contributed by atoms with Crippen molar-refractivity contribution in [3.8, 4) is 0 Å². The van der Waals surface area contributed by atoms with E-state index >= 15 is 0 Å². The predicted octanol–water partition coefficient (Wildman–Crippen LogP) is 4.73. The number of amides is 1. The topological polar surface area (TPSA) is 41.5 Å². The number of thiophene rings is 1. The Balaban J connectivity index is 2.07. The van der Waals surface area contributed by atoms with Crippen LogP contribution in [0, 0.1) is 0 Å². The van der Waals surface area contributed by atoms with Crippen molar-refractivity contribution in [2.75, 3.05) is 0 Å². The van der Waals surface area contributed by atoms with Crippen molar-refractivity contribution in [3.05, 3.63) is 22.4 Å². The van der Waals surface area contributed by atoms with Crippen molar-refractivity contribution in [1.29, 1.82) is 0 Å². The summed E-state index contributed by atoms with van der Waals surface area (Å²) < 4.78 is 0. The smallest absolute Gasteiger partial charge is 0.240 e.